The molecule has 1 aromatic carbocycles. The number of hydrogen-bond donors (Lipinski definition) is 0. The Balaban J connectivity index is 2.00. The highest BCUT2D eigenvalue weighted by Crippen LogP contribution is 2.35. The van der Waals surface area contributed by atoms with E-state index in [1.54, 1.807) is 11.3 Å². The van der Waals surface area contributed by atoms with Crippen LogP contribution in [0.1, 0.15) is 23.6 Å². The van der Waals surface area contributed by atoms with Gasteiger partial charge in [0, 0.05) is 6.42 Å². The lowest BCUT2D eigenvalue weighted by molar-refractivity contribution is 0.375. The molecule has 0 amide bonds. The number of hydrazone groups is 1. The lowest BCUT2D eigenvalue weighted by Crippen LogP contribution is -2.25. The van der Waals surface area contributed by atoms with E-state index in [4.69, 9.17) is 0 Å². The van der Waals surface area contributed by atoms with Crippen molar-refractivity contribution >= 4 is 27.1 Å². The summed E-state index contributed by atoms with van der Waals surface area (Å²) >= 11 is 1.56. The topological polar surface area (TPSA) is 49.7 Å². The standard InChI is InChI=1S/C14H14N2O2S2/c1-20(17,18)16-14(12-7-8-19-10-12)9-13(15-16)11-5-3-2-4-6-11/h2-8,10,14H,9H2,1H3. The SMILES string of the molecule is CS(=O)(=O)N1N=C(c2ccccc2)CC1c1ccsc1. The average molecular weight is 306 g/mol. The van der Waals surface area contributed by atoms with Gasteiger partial charge in [0.1, 0.15) is 0 Å². The van der Waals surface area contributed by atoms with E-state index in [0.717, 1.165) is 16.8 Å². The maximum absolute atomic E-state index is 11.9. The summed E-state index contributed by atoms with van der Waals surface area (Å²) in [6, 6.07) is 11.4. The Bertz CT molecular complexity index is 722. The second-order valence-electron chi connectivity index (χ2n) is 4.72. The van der Waals surface area contributed by atoms with Crippen molar-refractivity contribution in [3.8, 4) is 0 Å². The summed E-state index contributed by atoms with van der Waals surface area (Å²) in [5.74, 6) is 0. The largest absolute Gasteiger partial charge is 0.247 e. The van der Waals surface area contributed by atoms with Crippen molar-refractivity contribution in [3.05, 3.63) is 58.3 Å². The number of nitrogens with zero attached hydrogens (tertiary/aromatic N) is 2. The predicted octanol–water partition coefficient (Wildman–Crippen LogP) is 2.86. The maximum Gasteiger partial charge on any atom is 0.247 e. The van der Waals surface area contributed by atoms with Gasteiger partial charge in [0.25, 0.3) is 0 Å². The van der Waals surface area contributed by atoms with E-state index < -0.39 is 10.0 Å². The third-order valence-corrected chi connectivity index (χ3v) is 4.96. The van der Waals surface area contributed by atoms with E-state index in [1.165, 1.54) is 10.7 Å². The first-order chi connectivity index (χ1) is 9.55. The van der Waals surface area contributed by atoms with Crippen molar-refractivity contribution in [2.45, 2.75) is 12.5 Å². The van der Waals surface area contributed by atoms with Crippen LogP contribution < -0.4 is 0 Å². The van der Waals surface area contributed by atoms with E-state index in [0.29, 0.717) is 6.42 Å². The summed E-state index contributed by atoms with van der Waals surface area (Å²) in [6.45, 7) is 0. The molecule has 104 valence electrons. The predicted molar refractivity (Wildman–Crippen MR) is 81.3 cm³/mol. The average Bonchev–Trinajstić information content (AvgIpc) is 3.08. The highest BCUT2D eigenvalue weighted by atomic mass is 32.2. The van der Waals surface area contributed by atoms with Crippen LogP contribution >= 0.6 is 11.3 Å². The molecule has 0 bridgehead atoms. The number of thiophene rings is 1. The molecule has 0 aliphatic carbocycles. The summed E-state index contributed by atoms with van der Waals surface area (Å²) in [4.78, 5) is 0. The molecule has 4 nitrogen and oxygen atoms in total. The Morgan fingerprint density at radius 2 is 2.00 bits per heavy atom. The van der Waals surface area contributed by atoms with E-state index in [9.17, 15) is 8.42 Å². The zero-order chi connectivity index (χ0) is 14.2. The molecule has 1 aliphatic heterocycles. The van der Waals surface area contributed by atoms with Gasteiger partial charge in [0.15, 0.2) is 0 Å². The number of sulfonamides is 1. The van der Waals surface area contributed by atoms with Crippen LogP contribution in [0.15, 0.2) is 52.3 Å². The molecule has 20 heavy (non-hydrogen) atoms. The van der Waals surface area contributed by atoms with Crippen molar-refractivity contribution in [1.82, 2.24) is 4.41 Å². The monoisotopic (exact) mass is 306 g/mol. The molecule has 1 aromatic heterocycles. The molecular weight excluding hydrogens is 292 g/mol. The molecule has 0 spiro atoms. The van der Waals surface area contributed by atoms with E-state index in [1.807, 2.05) is 47.2 Å². The van der Waals surface area contributed by atoms with Crippen molar-refractivity contribution in [1.29, 1.82) is 0 Å². The molecule has 2 heterocycles. The quantitative estimate of drug-likeness (QED) is 0.875. The Morgan fingerprint density at radius 1 is 1.25 bits per heavy atom. The summed E-state index contributed by atoms with van der Waals surface area (Å²) in [5, 5.41) is 8.27. The Kier molecular flexibility index (Phi) is 3.35. The van der Waals surface area contributed by atoms with Crippen LogP contribution in [0.3, 0.4) is 0 Å². The van der Waals surface area contributed by atoms with Crippen molar-refractivity contribution < 1.29 is 8.42 Å². The van der Waals surface area contributed by atoms with Crippen LogP contribution in [0.4, 0.5) is 0 Å². The first kappa shape index (κ1) is 13.3. The van der Waals surface area contributed by atoms with Gasteiger partial charge >= 0.3 is 0 Å². The van der Waals surface area contributed by atoms with Crippen LogP contribution in [-0.4, -0.2) is 24.8 Å². The highest BCUT2D eigenvalue weighted by Gasteiger charge is 2.34. The molecule has 2 aromatic rings. The molecule has 1 aliphatic rings. The molecule has 1 atom stereocenters. The molecular formula is C14H14N2O2S2. The zero-order valence-electron chi connectivity index (χ0n) is 10.9. The normalized spacial score (nSPS) is 19.1. The minimum atomic E-state index is -3.37. The first-order valence-electron chi connectivity index (χ1n) is 6.20. The van der Waals surface area contributed by atoms with Crippen molar-refractivity contribution in [2.24, 2.45) is 5.10 Å². The Labute approximate surface area is 122 Å². The number of rotatable bonds is 3. The molecule has 0 saturated carbocycles. The van der Waals surface area contributed by atoms with Gasteiger partial charge in [-0.2, -0.15) is 20.9 Å². The highest BCUT2D eigenvalue weighted by molar-refractivity contribution is 7.88. The summed E-state index contributed by atoms with van der Waals surface area (Å²) in [7, 11) is -3.37. The third kappa shape index (κ3) is 2.48. The van der Waals surface area contributed by atoms with Crippen LogP contribution in [0.2, 0.25) is 0 Å². The molecule has 6 heteroatoms. The van der Waals surface area contributed by atoms with Crippen LogP contribution in [0, 0.1) is 0 Å². The smallest absolute Gasteiger partial charge is 0.205 e. The lowest BCUT2D eigenvalue weighted by Gasteiger charge is -2.20. The van der Waals surface area contributed by atoms with E-state index in [-0.39, 0.29) is 6.04 Å². The molecule has 1 unspecified atom stereocenters. The summed E-state index contributed by atoms with van der Waals surface area (Å²) < 4.78 is 25.1. The van der Waals surface area contributed by atoms with Crippen LogP contribution in [0.25, 0.3) is 0 Å². The van der Waals surface area contributed by atoms with Gasteiger partial charge in [0.05, 0.1) is 18.0 Å². The Morgan fingerprint density at radius 3 is 2.60 bits per heavy atom. The Hall–Kier alpha value is -1.66. The van der Waals surface area contributed by atoms with Gasteiger partial charge in [0.2, 0.25) is 10.0 Å². The fraction of sp³-hybridized carbons (Fsp3) is 0.214. The summed E-state index contributed by atoms with van der Waals surface area (Å²) in [6.07, 6.45) is 1.80. The second kappa shape index (κ2) is 5.03. The van der Waals surface area contributed by atoms with Gasteiger partial charge in [-0.3, -0.25) is 0 Å². The number of hydrogen-bond acceptors (Lipinski definition) is 4. The van der Waals surface area contributed by atoms with Gasteiger partial charge in [-0.25, -0.2) is 8.42 Å². The zero-order valence-corrected chi connectivity index (χ0v) is 12.6. The molecule has 0 fully saturated rings. The lowest BCUT2D eigenvalue weighted by atomic mass is 10.0. The van der Waals surface area contributed by atoms with E-state index in [2.05, 4.69) is 5.10 Å². The minimum Gasteiger partial charge on any atom is -0.205 e. The van der Waals surface area contributed by atoms with Gasteiger partial charge < -0.3 is 0 Å². The molecule has 0 N–H and O–H groups in total. The molecule has 0 saturated heterocycles. The fourth-order valence-corrected chi connectivity index (χ4v) is 3.92. The van der Waals surface area contributed by atoms with E-state index >= 15 is 0 Å². The van der Waals surface area contributed by atoms with Crippen LogP contribution in [0.5, 0.6) is 0 Å². The second-order valence-corrected chi connectivity index (χ2v) is 7.35. The maximum atomic E-state index is 11.9. The minimum absolute atomic E-state index is 0.230. The third-order valence-electron chi connectivity index (χ3n) is 3.25. The number of benzene rings is 1. The molecule has 0 radical (unpaired) electrons. The fourth-order valence-electron chi connectivity index (χ4n) is 2.31. The van der Waals surface area contributed by atoms with Crippen LogP contribution in [-0.2, 0) is 10.0 Å². The molecule has 3 rings (SSSR count). The van der Waals surface area contributed by atoms with Crippen molar-refractivity contribution in [3.63, 3.8) is 0 Å². The first-order valence-corrected chi connectivity index (χ1v) is 8.99. The van der Waals surface area contributed by atoms with Gasteiger partial charge in [-0.05, 0) is 28.0 Å². The van der Waals surface area contributed by atoms with Crippen molar-refractivity contribution in [2.75, 3.05) is 6.26 Å². The van der Waals surface area contributed by atoms with Gasteiger partial charge in [-0.15, -0.1) is 0 Å². The summed E-state index contributed by atoms with van der Waals surface area (Å²) in [5.41, 5.74) is 2.78. The van der Waals surface area contributed by atoms with Gasteiger partial charge in [-0.1, -0.05) is 30.3 Å².